The molecule has 0 radical (unpaired) electrons. The Morgan fingerprint density at radius 2 is 2.06 bits per heavy atom. The molecule has 4 nitrogen and oxygen atoms in total. The second-order valence-electron chi connectivity index (χ2n) is 3.19. The normalized spacial score (nSPS) is 10.1. The molecule has 0 unspecified atom stereocenters. The first-order valence-corrected chi connectivity index (χ1v) is 5.72. The van der Waals surface area contributed by atoms with Gasteiger partial charge in [-0.2, -0.15) is 0 Å². The second-order valence-corrected chi connectivity index (χ2v) is 4.23. The van der Waals surface area contributed by atoms with Crippen molar-refractivity contribution >= 4 is 17.7 Å². The summed E-state index contributed by atoms with van der Waals surface area (Å²) in [5.74, 6) is 0.637. The van der Waals surface area contributed by atoms with Crippen LogP contribution in [-0.2, 0) is 0 Å². The molecule has 0 aliphatic rings. The smallest absolute Gasteiger partial charge is 0.223 e. The van der Waals surface area contributed by atoms with E-state index >= 15 is 0 Å². The number of pyridine rings is 1. The summed E-state index contributed by atoms with van der Waals surface area (Å²) in [5, 5.41) is 4.77. The van der Waals surface area contributed by atoms with Gasteiger partial charge in [-0.05, 0) is 36.9 Å². The van der Waals surface area contributed by atoms with Gasteiger partial charge in [0.2, 0.25) is 5.95 Å². The minimum Gasteiger partial charge on any atom is -0.357 e. The number of aryl methyl sites for hydroxylation is 1. The van der Waals surface area contributed by atoms with Crippen LogP contribution >= 0.6 is 11.8 Å². The van der Waals surface area contributed by atoms with E-state index in [2.05, 4.69) is 20.3 Å². The van der Waals surface area contributed by atoms with Gasteiger partial charge in [0, 0.05) is 18.9 Å². The van der Waals surface area contributed by atoms with Crippen molar-refractivity contribution in [1.29, 1.82) is 0 Å². The van der Waals surface area contributed by atoms with Crippen molar-refractivity contribution in [2.75, 3.05) is 12.4 Å². The molecule has 0 saturated heterocycles. The molecule has 0 spiro atoms. The van der Waals surface area contributed by atoms with Crippen molar-refractivity contribution in [2.45, 2.75) is 17.0 Å². The van der Waals surface area contributed by atoms with E-state index in [-0.39, 0.29) is 0 Å². The summed E-state index contributed by atoms with van der Waals surface area (Å²) < 4.78 is 0. The number of nitrogens with zero attached hydrogens (tertiary/aromatic N) is 3. The van der Waals surface area contributed by atoms with Gasteiger partial charge in [0.15, 0.2) is 0 Å². The molecule has 2 aromatic rings. The Balaban J connectivity index is 2.24. The summed E-state index contributed by atoms with van der Waals surface area (Å²) in [4.78, 5) is 12.8. The van der Waals surface area contributed by atoms with Gasteiger partial charge in [0.1, 0.15) is 10.1 Å². The van der Waals surface area contributed by atoms with E-state index < -0.39 is 0 Å². The number of anilines is 1. The van der Waals surface area contributed by atoms with E-state index in [1.54, 1.807) is 6.20 Å². The van der Waals surface area contributed by atoms with Crippen LogP contribution in [0.2, 0.25) is 0 Å². The SMILES string of the molecule is CNc1nc(C)cc(Sc2ccccn2)n1. The highest BCUT2D eigenvalue weighted by Gasteiger charge is 2.03. The quantitative estimate of drug-likeness (QED) is 0.823. The third-order valence-electron chi connectivity index (χ3n) is 1.90. The van der Waals surface area contributed by atoms with Crippen LogP contribution < -0.4 is 5.32 Å². The Morgan fingerprint density at radius 1 is 1.19 bits per heavy atom. The maximum Gasteiger partial charge on any atom is 0.223 e. The fourth-order valence-electron chi connectivity index (χ4n) is 1.22. The van der Waals surface area contributed by atoms with Crippen molar-refractivity contribution in [3.63, 3.8) is 0 Å². The Morgan fingerprint density at radius 3 is 2.75 bits per heavy atom. The van der Waals surface area contributed by atoms with Crippen LogP contribution in [0.5, 0.6) is 0 Å². The number of rotatable bonds is 3. The molecule has 0 bridgehead atoms. The van der Waals surface area contributed by atoms with Crippen LogP contribution in [-0.4, -0.2) is 22.0 Å². The van der Waals surface area contributed by atoms with Gasteiger partial charge in [-0.15, -0.1) is 0 Å². The van der Waals surface area contributed by atoms with Gasteiger partial charge >= 0.3 is 0 Å². The van der Waals surface area contributed by atoms with Gasteiger partial charge in [-0.25, -0.2) is 15.0 Å². The summed E-state index contributed by atoms with van der Waals surface area (Å²) in [5.41, 5.74) is 0.942. The highest BCUT2D eigenvalue weighted by atomic mass is 32.2. The van der Waals surface area contributed by atoms with Crippen LogP contribution in [0, 0.1) is 6.92 Å². The third kappa shape index (κ3) is 2.70. The highest BCUT2D eigenvalue weighted by Crippen LogP contribution is 2.24. The fraction of sp³-hybridized carbons (Fsp3) is 0.182. The first-order valence-electron chi connectivity index (χ1n) is 4.90. The Bertz CT molecular complexity index is 473. The van der Waals surface area contributed by atoms with Gasteiger partial charge in [-0.3, -0.25) is 0 Å². The zero-order chi connectivity index (χ0) is 11.4. The molecule has 2 rings (SSSR count). The molecular weight excluding hydrogens is 220 g/mol. The zero-order valence-corrected chi connectivity index (χ0v) is 9.95. The van der Waals surface area contributed by atoms with Gasteiger partial charge in [-0.1, -0.05) is 6.07 Å². The van der Waals surface area contributed by atoms with E-state index in [4.69, 9.17) is 0 Å². The average Bonchev–Trinajstić information content (AvgIpc) is 2.29. The molecule has 0 fully saturated rings. The summed E-state index contributed by atoms with van der Waals surface area (Å²) in [6, 6.07) is 7.76. The summed E-state index contributed by atoms with van der Waals surface area (Å²) >= 11 is 1.53. The zero-order valence-electron chi connectivity index (χ0n) is 9.14. The molecule has 2 aromatic heterocycles. The maximum absolute atomic E-state index is 4.35. The predicted octanol–water partition coefficient (Wildman–Crippen LogP) is 2.37. The molecule has 0 aromatic carbocycles. The molecule has 82 valence electrons. The van der Waals surface area contributed by atoms with Crippen molar-refractivity contribution in [1.82, 2.24) is 15.0 Å². The summed E-state index contributed by atoms with van der Waals surface area (Å²) in [6.45, 7) is 1.95. The van der Waals surface area contributed by atoms with Crippen molar-refractivity contribution in [3.05, 3.63) is 36.2 Å². The van der Waals surface area contributed by atoms with Crippen LogP contribution in [0.4, 0.5) is 5.95 Å². The molecule has 1 N–H and O–H groups in total. The number of hydrogen-bond donors (Lipinski definition) is 1. The van der Waals surface area contributed by atoms with E-state index in [0.29, 0.717) is 5.95 Å². The topological polar surface area (TPSA) is 50.7 Å². The lowest BCUT2D eigenvalue weighted by Crippen LogP contribution is -1.98. The Labute approximate surface area is 98.6 Å². The van der Waals surface area contributed by atoms with Crippen LogP contribution in [0.1, 0.15) is 5.69 Å². The van der Waals surface area contributed by atoms with Gasteiger partial charge in [0.25, 0.3) is 0 Å². The molecule has 0 atom stereocenters. The lowest BCUT2D eigenvalue weighted by atomic mass is 10.5. The van der Waals surface area contributed by atoms with Crippen molar-refractivity contribution in [2.24, 2.45) is 0 Å². The third-order valence-corrected chi connectivity index (χ3v) is 2.77. The van der Waals surface area contributed by atoms with Gasteiger partial charge < -0.3 is 5.32 Å². The number of aromatic nitrogens is 3. The van der Waals surface area contributed by atoms with Gasteiger partial charge in [0.05, 0.1) is 0 Å². The molecular formula is C11H12N4S. The molecule has 5 heteroatoms. The lowest BCUT2D eigenvalue weighted by Gasteiger charge is -2.04. The van der Waals surface area contributed by atoms with E-state index in [1.165, 1.54) is 11.8 Å². The standard InChI is InChI=1S/C11H12N4S/c1-8-7-10(15-11(12-2)14-8)16-9-5-3-4-6-13-9/h3-7H,1-2H3,(H,12,14,15). The monoisotopic (exact) mass is 232 g/mol. The predicted molar refractivity (Wildman–Crippen MR) is 64.7 cm³/mol. The first-order chi connectivity index (χ1) is 7.78. The Hall–Kier alpha value is -1.62. The van der Waals surface area contributed by atoms with Crippen molar-refractivity contribution in [3.8, 4) is 0 Å². The Kier molecular flexibility index (Phi) is 3.36. The maximum atomic E-state index is 4.35. The van der Waals surface area contributed by atoms with Crippen molar-refractivity contribution < 1.29 is 0 Å². The number of hydrogen-bond acceptors (Lipinski definition) is 5. The minimum absolute atomic E-state index is 0.637. The van der Waals surface area contributed by atoms with Crippen LogP contribution in [0.25, 0.3) is 0 Å². The first kappa shape index (κ1) is 10.9. The molecule has 16 heavy (non-hydrogen) atoms. The average molecular weight is 232 g/mol. The summed E-state index contributed by atoms with van der Waals surface area (Å²) in [6.07, 6.45) is 1.77. The van der Waals surface area contributed by atoms with Crippen LogP contribution in [0.15, 0.2) is 40.5 Å². The summed E-state index contributed by atoms with van der Waals surface area (Å²) in [7, 11) is 1.81. The second kappa shape index (κ2) is 4.94. The minimum atomic E-state index is 0.637. The largest absolute Gasteiger partial charge is 0.357 e. The molecule has 0 aliphatic carbocycles. The van der Waals surface area contributed by atoms with E-state index in [9.17, 15) is 0 Å². The van der Waals surface area contributed by atoms with E-state index in [0.717, 1.165) is 15.7 Å². The van der Waals surface area contributed by atoms with E-state index in [1.807, 2.05) is 38.2 Å². The highest BCUT2D eigenvalue weighted by molar-refractivity contribution is 7.99. The molecule has 2 heterocycles. The van der Waals surface area contributed by atoms with Crippen LogP contribution in [0.3, 0.4) is 0 Å². The molecule has 0 aliphatic heterocycles. The molecule has 0 saturated carbocycles. The lowest BCUT2D eigenvalue weighted by molar-refractivity contribution is 1.00. The molecule has 0 amide bonds. The fourth-order valence-corrected chi connectivity index (χ4v) is 2.05. The number of nitrogens with one attached hydrogen (secondary N) is 1.